The fourth-order valence-corrected chi connectivity index (χ4v) is 14.5. The minimum Gasteiger partial charge on any atom is -0.462 e. The molecule has 0 fully saturated rings. The van der Waals surface area contributed by atoms with Gasteiger partial charge in [0.1, 0.15) is 19.3 Å². The van der Waals surface area contributed by atoms with Crippen LogP contribution < -0.4 is 0 Å². The number of carbonyl (C=O) groups is 4. The van der Waals surface area contributed by atoms with Gasteiger partial charge in [0.2, 0.25) is 0 Å². The molecule has 0 aromatic carbocycles. The molecule has 0 heterocycles. The SMILES string of the molecule is CCCCCCCCCCCCCCCCCC(=O)O[C@H](COC(=O)CCCCCCCCCCCC(C)C)COP(=O)(O)OC[C@H](O)COP(=O)(O)OC[C@@H](COC(=O)CCCCCCCCCCCCCCCCC(C)CC)OC(=O)CCCCCCCCCCCCCCCCC(C)CC. The number of hydrogen-bond donors (Lipinski definition) is 3. The van der Waals surface area contributed by atoms with Gasteiger partial charge in [0.15, 0.2) is 12.2 Å². The number of rotatable bonds is 82. The third-order valence-corrected chi connectivity index (χ3v) is 22.3. The summed E-state index contributed by atoms with van der Waals surface area (Å²) in [7, 11) is -9.93. The molecule has 0 spiro atoms. The largest absolute Gasteiger partial charge is 0.472 e. The van der Waals surface area contributed by atoms with Crippen molar-refractivity contribution in [2.45, 2.75) is 458 Å². The molecule has 0 amide bonds. The van der Waals surface area contributed by atoms with Gasteiger partial charge in [-0.25, -0.2) is 9.13 Å². The van der Waals surface area contributed by atoms with E-state index >= 15 is 0 Å². The predicted octanol–water partition coefficient (Wildman–Crippen LogP) is 25.3. The Morgan fingerprint density at radius 3 is 0.738 bits per heavy atom. The average Bonchev–Trinajstić information content (AvgIpc) is 0.913. The molecule has 0 aliphatic rings. The first-order valence-electron chi connectivity index (χ1n) is 43.4. The third kappa shape index (κ3) is 75.3. The summed E-state index contributed by atoms with van der Waals surface area (Å²) < 4.78 is 68.9. The van der Waals surface area contributed by atoms with E-state index in [2.05, 4.69) is 48.5 Å². The zero-order valence-corrected chi connectivity index (χ0v) is 69.6. The van der Waals surface area contributed by atoms with Crippen molar-refractivity contribution in [3.05, 3.63) is 0 Å². The van der Waals surface area contributed by atoms with E-state index in [1.807, 2.05) is 0 Å². The molecular weight excluding hydrogens is 1340 g/mol. The van der Waals surface area contributed by atoms with Crippen LogP contribution in [0.25, 0.3) is 0 Å². The quantitative estimate of drug-likeness (QED) is 0.0222. The van der Waals surface area contributed by atoms with E-state index in [1.165, 1.54) is 250 Å². The molecule has 0 aliphatic carbocycles. The Balaban J connectivity index is 5.27. The molecule has 0 radical (unpaired) electrons. The highest BCUT2D eigenvalue weighted by molar-refractivity contribution is 7.47. The maximum Gasteiger partial charge on any atom is 0.472 e. The van der Waals surface area contributed by atoms with Crippen LogP contribution >= 0.6 is 15.6 Å². The maximum absolute atomic E-state index is 13.1. The summed E-state index contributed by atoms with van der Waals surface area (Å²) in [6.07, 6.45) is 63.6. The lowest BCUT2D eigenvalue weighted by Gasteiger charge is -2.21. The zero-order chi connectivity index (χ0) is 75.8. The van der Waals surface area contributed by atoms with Crippen LogP contribution in [0.3, 0.4) is 0 Å². The molecule has 0 saturated heterocycles. The second kappa shape index (κ2) is 74.2. The van der Waals surface area contributed by atoms with Gasteiger partial charge in [0.05, 0.1) is 26.4 Å². The van der Waals surface area contributed by atoms with Crippen LogP contribution in [0.4, 0.5) is 0 Å². The Hall–Kier alpha value is -1.94. The van der Waals surface area contributed by atoms with Crippen LogP contribution in [0.15, 0.2) is 0 Å². The van der Waals surface area contributed by atoms with Gasteiger partial charge in [-0.15, -0.1) is 0 Å². The van der Waals surface area contributed by atoms with Crippen LogP contribution in [-0.2, 0) is 65.4 Å². The number of hydrogen-bond acceptors (Lipinski definition) is 15. The maximum atomic E-state index is 13.1. The van der Waals surface area contributed by atoms with Crippen molar-refractivity contribution in [3.8, 4) is 0 Å². The van der Waals surface area contributed by atoms with Gasteiger partial charge in [-0.05, 0) is 43.4 Å². The smallest absolute Gasteiger partial charge is 0.462 e. The second-order valence-electron chi connectivity index (χ2n) is 31.2. The van der Waals surface area contributed by atoms with Crippen molar-refractivity contribution in [1.82, 2.24) is 0 Å². The van der Waals surface area contributed by atoms with E-state index in [0.717, 1.165) is 108 Å². The Morgan fingerprint density at radius 2 is 0.495 bits per heavy atom. The van der Waals surface area contributed by atoms with Crippen molar-refractivity contribution in [3.63, 3.8) is 0 Å². The van der Waals surface area contributed by atoms with Gasteiger partial charge in [0, 0.05) is 25.7 Å². The summed E-state index contributed by atoms with van der Waals surface area (Å²) in [6, 6.07) is 0. The molecule has 0 aromatic rings. The van der Waals surface area contributed by atoms with E-state index in [9.17, 15) is 43.2 Å². The molecule has 4 unspecified atom stereocenters. The summed E-state index contributed by atoms with van der Waals surface area (Å²) in [6.45, 7) is 12.1. The number of unbranched alkanes of at least 4 members (excludes halogenated alkanes) is 48. The number of aliphatic hydroxyl groups is 1. The van der Waals surface area contributed by atoms with Crippen molar-refractivity contribution in [1.29, 1.82) is 0 Å². The van der Waals surface area contributed by atoms with Gasteiger partial charge in [-0.3, -0.25) is 37.3 Å². The van der Waals surface area contributed by atoms with Gasteiger partial charge >= 0.3 is 39.5 Å². The predicted molar refractivity (Wildman–Crippen MR) is 423 cm³/mol. The molecule has 0 aromatic heterocycles. The Labute approximate surface area is 632 Å². The molecule has 103 heavy (non-hydrogen) atoms. The van der Waals surface area contributed by atoms with Crippen LogP contribution in [0.1, 0.15) is 440 Å². The van der Waals surface area contributed by atoms with Gasteiger partial charge < -0.3 is 33.8 Å². The molecule has 19 heteroatoms. The highest BCUT2D eigenvalue weighted by Crippen LogP contribution is 2.45. The van der Waals surface area contributed by atoms with Crippen LogP contribution in [0.5, 0.6) is 0 Å². The number of phosphoric ester groups is 2. The van der Waals surface area contributed by atoms with Crippen LogP contribution in [0.2, 0.25) is 0 Å². The fourth-order valence-electron chi connectivity index (χ4n) is 13.0. The average molecular weight is 1510 g/mol. The van der Waals surface area contributed by atoms with E-state index in [-0.39, 0.29) is 25.7 Å². The normalized spacial score (nSPS) is 14.4. The topological polar surface area (TPSA) is 237 Å². The molecule has 0 rings (SSSR count). The van der Waals surface area contributed by atoms with Crippen molar-refractivity contribution in [2.75, 3.05) is 39.6 Å². The first-order valence-corrected chi connectivity index (χ1v) is 46.4. The molecule has 612 valence electrons. The fraction of sp³-hybridized carbons (Fsp3) is 0.952. The second-order valence-corrected chi connectivity index (χ2v) is 34.1. The lowest BCUT2D eigenvalue weighted by molar-refractivity contribution is -0.161. The van der Waals surface area contributed by atoms with Crippen molar-refractivity contribution >= 4 is 39.5 Å². The molecular formula is C84H164O17P2. The van der Waals surface area contributed by atoms with E-state index in [0.29, 0.717) is 25.7 Å². The van der Waals surface area contributed by atoms with Crippen molar-refractivity contribution in [2.24, 2.45) is 17.8 Å². The minimum absolute atomic E-state index is 0.108. The molecule has 17 nitrogen and oxygen atoms in total. The number of esters is 4. The summed E-state index contributed by atoms with van der Waals surface area (Å²) in [5.41, 5.74) is 0. The number of aliphatic hydroxyl groups excluding tert-OH is 1. The highest BCUT2D eigenvalue weighted by Gasteiger charge is 2.30. The number of phosphoric acid groups is 2. The molecule has 0 saturated carbocycles. The van der Waals surface area contributed by atoms with Crippen LogP contribution in [0, 0.1) is 17.8 Å². The third-order valence-electron chi connectivity index (χ3n) is 20.4. The van der Waals surface area contributed by atoms with Gasteiger partial charge in [-0.2, -0.15) is 0 Å². The van der Waals surface area contributed by atoms with Crippen LogP contribution in [-0.4, -0.2) is 96.7 Å². The summed E-state index contributed by atoms with van der Waals surface area (Å²) in [5.74, 6) is 0.335. The molecule has 3 N–H and O–H groups in total. The van der Waals surface area contributed by atoms with Crippen molar-refractivity contribution < 1.29 is 80.2 Å². The summed E-state index contributed by atoms with van der Waals surface area (Å²) in [4.78, 5) is 73.2. The van der Waals surface area contributed by atoms with E-state index in [1.54, 1.807) is 0 Å². The number of carbonyl (C=O) groups excluding carboxylic acids is 4. The molecule has 7 atom stereocenters. The van der Waals surface area contributed by atoms with Gasteiger partial charge in [-0.1, -0.05) is 389 Å². The molecule has 0 aliphatic heterocycles. The molecule has 0 bridgehead atoms. The standard InChI is InChI=1S/C84H164O17P2/c1-8-11-12-13-14-15-16-17-18-26-31-38-46-53-60-67-83(88)101-80(72-95-82(87)66-59-52-45-40-33-34-41-48-55-62-75(4)5)74-99-103(92,93)97-70-78(85)69-96-102(90,91)98-73-79(100-84(89)68-61-54-47-39-32-27-22-20-24-29-36-43-50-57-64-77(7)10-3)71-94-81(86)65-58-51-44-37-30-25-21-19-23-28-35-42-49-56-63-76(6)9-2/h75-80,85H,8-74H2,1-7H3,(H,90,91)(H,92,93)/t76?,77?,78-,79-,80-/m1/s1. The first-order chi connectivity index (χ1) is 49.8. The highest BCUT2D eigenvalue weighted by atomic mass is 31.2. The van der Waals surface area contributed by atoms with E-state index < -0.39 is 97.5 Å². The number of ether oxygens (including phenoxy) is 4. The summed E-state index contributed by atoms with van der Waals surface area (Å²) >= 11 is 0. The lowest BCUT2D eigenvalue weighted by atomic mass is 9.99. The Kier molecular flexibility index (Phi) is 72.8. The summed E-state index contributed by atoms with van der Waals surface area (Å²) in [5, 5.41) is 10.7. The zero-order valence-electron chi connectivity index (χ0n) is 67.8. The lowest BCUT2D eigenvalue weighted by Crippen LogP contribution is -2.30. The Bertz CT molecular complexity index is 2000. The minimum atomic E-state index is -4.97. The monoisotopic (exact) mass is 1510 g/mol. The Morgan fingerprint density at radius 1 is 0.282 bits per heavy atom. The first kappa shape index (κ1) is 101. The van der Waals surface area contributed by atoms with E-state index in [4.69, 9.17) is 37.0 Å². The van der Waals surface area contributed by atoms with Gasteiger partial charge in [0.25, 0.3) is 0 Å².